The van der Waals surface area contributed by atoms with E-state index in [0.717, 1.165) is 55.8 Å². The van der Waals surface area contributed by atoms with Crippen LogP contribution in [-0.4, -0.2) is 34.6 Å². The number of hydrogen-bond donors (Lipinski definition) is 2. The minimum Gasteiger partial charge on any atom is -0.393 e. The van der Waals surface area contributed by atoms with E-state index < -0.39 is 11.7 Å². The summed E-state index contributed by atoms with van der Waals surface area (Å²) in [6.07, 6.45) is 14.2. The van der Waals surface area contributed by atoms with Crippen molar-refractivity contribution in [3.05, 3.63) is 0 Å². The Morgan fingerprint density at radius 3 is 2.38 bits per heavy atom. The highest BCUT2D eigenvalue weighted by Gasteiger charge is 2.68. The van der Waals surface area contributed by atoms with E-state index in [1.165, 1.54) is 44.9 Å². The highest BCUT2D eigenvalue weighted by atomic mass is 16.5. The van der Waals surface area contributed by atoms with E-state index in [9.17, 15) is 10.2 Å². The summed E-state index contributed by atoms with van der Waals surface area (Å²) in [4.78, 5) is 0. The maximum Gasteiger partial charge on any atom is 0.102 e. The molecule has 34 heavy (non-hydrogen) atoms. The molecule has 0 amide bonds. The zero-order chi connectivity index (χ0) is 24.7. The van der Waals surface area contributed by atoms with Gasteiger partial charge in [0.25, 0.3) is 0 Å². The molecule has 4 saturated carbocycles. The molecule has 3 heteroatoms. The third-order valence-corrected chi connectivity index (χ3v) is 11.9. The molecule has 198 valence electrons. The Bertz CT molecular complexity index is 678. The van der Waals surface area contributed by atoms with Crippen molar-refractivity contribution in [1.82, 2.24) is 0 Å². The molecule has 10 atom stereocenters. The third kappa shape index (κ3) is 4.43. The summed E-state index contributed by atoms with van der Waals surface area (Å²) >= 11 is 0. The number of hydrogen-bond acceptors (Lipinski definition) is 3. The van der Waals surface area contributed by atoms with E-state index in [0.29, 0.717) is 30.3 Å². The number of ether oxygens (including phenoxy) is 1. The number of rotatable bonds is 9. The Kier molecular flexibility index (Phi) is 8.18. The maximum atomic E-state index is 11.8. The summed E-state index contributed by atoms with van der Waals surface area (Å²) in [6.45, 7) is 15.2. The van der Waals surface area contributed by atoms with Gasteiger partial charge in [-0.3, -0.25) is 0 Å². The molecule has 0 aliphatic heterocycles. The minimum absolute atomic E-state index is 0.0232. The molecule has 0 aromatic heterocycles. The van der Waals surface area contributed by atoms with Crippen LogP contribution >= 0.6 is 0 Å². The summed E-state index contributed by atoms with van der Waals surface area (Å²) < 4.78 is 6.70. The molecule has 0 radical (unpaired) electrons. The molecular formula is C31H56O3. The molecule has 0 unspecified atom stereocenters. The monoisotopic (exact) mass is 476 g/mol. The molecular weight excluding hydrogens is 420 g/mol. The van der Waals surface area contributed by atoms with Crippen molar-refractivity contribution in [3.8, 4) is 0 Å². The lowest BCUT2D eigenvalue weighted by Crippen LogP contribution is -2.69. The average Bonchev–Trinajstić information content (AvgIpc) is 3.13. The van der Waals surface area contributed by atoms with E-state index in [4.69, 9.17) is 4.74 Å². The molecule has 0 bridgehead atoms. The smallest absolute Gasteiger partial charge is 0.102 e. The Hall–Kier alpha value is -0.120. The van der Waals surface area contributed by atoms with Crippen LogP contribution in [0.25, 0.3) is 0 Å². The van der Waals surface area contributed by atoms with Crippen molar-refractivity contribution in [2.45, 2.75) is 143 Å². The molecule has 0 aromatic carbocycles. The Balaban J connectivity index is 1.55. The van der Waals surface area contributed by atoms with E-state index in [1.807, 2.05) is 0 Å². The van der Waals surface area contributed by atoms with Crippen LogP contribution in [0, 0.1) is 46.3 Å². The largest absolute Gasteiger partial charge is 0.393 e. The Labute approximate surface area is 210 Å². The zero-order valence-electron chi connectivity index (χ0n) is 23.3. The van der Waals surface area contributed by atoms with Gasteiger partial charge in [-0.2, -0.15) is 0 Å². The molecule has 4 rings (SSSR count). The first kappa shape index (κ1) is 26.9. The van der Waals surface area contributed by atoms with Crippen LogP contribution < -0.4 is 0 Å². The van der Waals surface area contributed by atoms with Crippen molar-refractivity contribution in [3.63, 3.8) is 0 Å². The quantitative estimate of drug-likeness (QED) is 0.341. The fraction of sp³-hybridized carbons (Fsp3) is 1.00. The predicted molar refractivity (Wildman–Crippen MR) is 141 cm³/mol. The molecule has 0 saturated heterocycles. The highest BCUT2D eigenvalue weighted by molar-refractivity contribution is 5.18. The van der Waals surface area contributed by atoms with Gasteiger partial charge < -0.3 is 14.9 Å². The second-order valence-corrected chi connectivity index (χ2v) is 14.1. The van der Waals surface area contributed by atoms with Crippen LogP contribution in [0.3, 0.4) is 0 Å². The van der Waals surface area contributed by atoms with Gasteiger partial charge in [-0.05, 0) is 92.3 Å². The first-order chi connectivity index (χ1) is 16.1. The average molecular weight is 477 g/mol. The maximum absolute atomic E-state index is 11.8. The summed E-state index contributed by atoms with van der Waals surface area (Å²) in [5.74, 6) is 4.46. The lowest BCUT2D eigenvalue weighted by molar-refractivity contribution is -0.284. The van der Waals surface area contributed by atoms with Gasteiger partial charge in [0.05, 0.1) is 12.2 Å². The fourth-order valence-corrected chi connectivity index (χ4v) is 9.98. The van der Waals surface area contributed by atoms with Crippen LogP contribution in [0.5, 0.6) is 0 Å². The van der Waals surface area contributed by atoms with Gasteiger partial charge in [0.1, 0.15) is 5.60 Å². The number of unbranched alkanes of at least 4 members (excludes halogenated alkanes) is 1. The van der Waals surface area contributed by atoms with Gasteiger partial charge in [0.2, 0.25) is 0 Å². The minimum atomic E-state index is -0.559. The van der Waals surface area contributed by atoms with Crippen molar-refractivity contribution in [1.29, 1.82) is 0 Å². The standard InChI is InChI=1S/C31H56O3/c1-7-8-18-34-31-20-23(32)14-17-30(31,6)27-15-16-29(5)25(22(4)11-9-10-21(2)3)12-13-26(29)24(27)19-28(31)33/h21-28,32-33H,7-20H2,1-6H3/t22-,23+,24+,25-,26+,27+,28-,29-,30-,31+/m1/s1. The van der Waals surface area contributed by atoms with Crippen LogP contribution in [-0.2, 0) is 4.74 Å². The summed E-state index contributed by atoms with van der Waals surface area (Å²) in [7, 11) is 0. The lowest BCUT2D eigenvalue weighted by atomic mass is 9.42. The second-order valence-electron chi connectivity index (χ2n) is 14.1. The zero-order valence-corrected chi connectivity index (χ0v) is 23.3. The summed E-state index contributed by atoms with van der Waals surface area (Å²) in [5.41, 5.74) is -0.146. The number of aliphatic hydroxyl groups excluding tert-OH is 2. The molecule has 4 aliphatic rings. The second kappa shape index (κ2) is 10.3. The molecule has 4 aliphatic carbocycles. The van der Waals surface area contributed by atoms with Crippen molar-refractivity contribution in [2.75, 3.05) is 6.61 Å². The SMILES string of the molecule is CCCCO[C@]12C[C@@H](O)CC[C@]1(C)[C@H]1CC[C@]3(C)[C@@H]([C@H](C)CCCC(C)C)CC[C@H]3[C@@H]1C[C@H]2O. The lowest BCUT2D eigenvalue weighted by Gasteiger charge is -2.66. The number of fused-ring (bicyclic) bond motifs is 5. The Morgan fingerprint density at radius 1 is 0.912 bits per heavy atom. The first-order valence-electron chi connectivity index (χ1n) is 15.1. The predicted octanol–water partition coefficient (Wildman–Crippen LogP) is 7.38. The molecule has 0 aromatic rings. The highest BCUT2D eigenvalue weighted by Crippen LogP contribution is 2.69. The van der Waals surface area contributed by atoms with Gasteiger partial charge >= 0.3 is 0 Å². The van der Waals surface area contributed by atoms with Crippen molar-refractivity contribution < 1.29 is 14.9 Å². The van der Waals surface area contributed by atoms with E-state index in [1.54, 1.807) is 0 Å². The van der Waals surface area contributed by atoms with Crippen molar-refractivity contribution in [2.24, 2.45) is 46.3 Å². The normalized spacial score (nSPS) is 47.2. The topological polar surface area (TPSA) is 49.7 Å². The molecule has 2 N–H and O–H groups in total. The van der Waals surface area contributed by atoms with Gasteiger partial charge in [0, 0.05) is 18.4 Å². The molecule has 3 nitrogen and oxygen atoms in total. The van der Waals surface area contributed by atoms with E-state index in [-0.39, 0.29) is 11.5 Å². The molecule has 0 heterocycles. The van der Waals surface area contributed by atoms with Gasteiger partial charge in [-0.15, -0.1) is 0 Å². The molecule has 4 fully saturated rings. The van der Waals surface area contributed by atoms with Crippen LogP contribution in [0.2, 0.25) is 0 Å². The van der Waals surface area contributed by atoms with E-state index >= 15 is 0 Å². The Morgan fingerprint density at radius 2 is 1.68 bits per heavy atom. The third-order valence-electron chi connectivity index (χ3n) is 11.9. The summed E-state index contributed by atoms with van der Waals surface area (Å²) in [5, 5.41) is 22.5. The van der Waals surface area contributed by atoms with Crippen LogP contribution in [0.1, 0.15) is 125 Å². The number of aliphatic hydroxyl groups is 2. The fourth-order valence-electron chi connectivity index (χ4n) is 9.98. The summed E-state index contributed by atoms with van der Waals surface area (Å²) in [6, 6.07) is 0. The van der Waals surface area contributed by atoms with Gasteiger partial charge in [0.15, 0.2) is 0 Å². The van der Waals surface area contributed by atoms with Gasteiger partial charge in [-0.25, -0.2) is 0 Å². The molecule has 0 spiro atoms. The van der Waals surface area contributed by atoms with Crippen molar-refractivity contribution >= 4 is 0 Å². The van der Waals surface area contributed by atoms with Crippen LogP contribution in [0.4, 0.5) is 0 Å². The van der Waals surface area contributed by atoms with Crippen LogP contribution in [0.15, 0.2) is 0 Å². The van der Waals surface area contributed by atoms with Gasteiger partial charge in [-0.1, -0.05) is 67.2 Å². The van der Waals surface area contributed by atoms with E-state index in [2.05, 4.69) is 41.5 Å². The first-order valence-corrected chi connectivity index (χ1v) is 15.1.